The summed E-state index contributed by atoms with van der Waals surface area (Å²) in [5.74, 6) is -0.519. The molecule has 1 rings (SSSR count). The van der Waals surface area contributed by atoms with Crippen LogP contribution in [0.15, 0.2) is 24.3 Å². The zero-order valence-corrected chi connectivity index (χ0v) is 21.8. The maximum atomic E-state index is 13.3. The summed E-state index contributed by atoms with van der Waals surface area (Å²) >= 11 is -3.14. The first-order valence-electron chi connectivity index (χ1n) is 11.4. The third-order valence-electron chi connectivity index (χ3n) is 5.46. The summed E-state index contributed by atoms with van der Waals surface area (Å²) in [7, 11) is 0. The molecule has 0 saturated heterocycles. The van der Waals surface area contributed by atoms with Crippen LogP contribution in [0.25, 0.3) is 0 Å². The quantitative estimate of drug-likeness (QED) is 0.296. The van der Waals surface area contributed by atoms with Gasteiger partial charge in [0.15, 0.2) is 0 Å². The molecule has 1 amide bonds. The summed E-state index contributed by atoms with van der Waals surface area (Å²) in [5.41, 5.74) is 6.32. The summed E-state index contributed by atoms with van der Waals surface area (Å²) in [6, 6.07) is 5.91. The second-order valence-corrected chi connectivity index (χ2v) is 19.7. The van der Waals surface area contributed by atoms with Gasteiger partial charge in [-0.2, -0.15) is 0 Å². The fraction of sp³-hybridized carbons (Fsp3) is 0.652. The van der Waals surface area contributed by atoms with Gasteiger partial charge in [0.1, 0.15) is 0 Å². The molecule has 0 saturated carbocycles. The third kappa shape index (κ3) is 9.68. The molecule has 0 spiro atoms. The van der Waals surface area contributed by atoms with Crippen LogP contribution in [0, 0.1) is 0 Å². The molecule has 0 aliphatic heterocycles. The molecule has 0 aromatic heterocycles. The monoisotopic (exact) mass is 528 g/mol. The van der Waals surface area contributed by atoms with E-state index in [1.165, 1.54) is 0 Å². The Morgan fingerprint density at radius 3 is 1.93 bits per heavy atom. The van der Waals surface area contributed by atoms with E-state index < -0.39 is 24.8 Å². The zero-order chi connectivity index (χ0) is 22.4. The fourth-order valence-corrected chi connectivity index (χ4v) is 16.8. The maximum absolute atomic E-state index is 13.3. The van der Waals surface area contributed by atoms with Gasteiger partial charge in [-0.3, -0.25) is 0 Å². The number of carbonyl (C=O) groups excluding carboxylic acids is 2. The number of unbranched alkanes of at least 4 members (excludes halogenated alkanes) is 3. The van der Waals surface area contributed by atoms with Crippen molar-refractivity contribution in [3.8, 4) is 5.75 Å². The van der Waals surface area contributed by atoms with Crippen LogP contribution >= 0.6 is 0 Å². The van der Waals surface area contributed by atoms with Crippen molar-refractivity contribution < 1.29 is 17.8 Å². The van der Waals surface area contributed by atoms with Crippen LogP contribution in [0.2, 0.25) is 13.3 Å². The SMILES string of the molecule is CCC[CH2][Sn]([CH2]CCC)([CH2]CCC)[O]C(=O)[C@@H](Cc1ccc(O)cc1)NC(=O)CN. The molecule has 170 valence electrons. The van der Waals surface area contributed by atoms with Crippen LogP contribution in [0.3, 0.4) is 0 Å². The Morgan fingerprint density at radius 1 is 1.00 bits per heavy atom. The molecule has 0 unspecified atom stereocenters. The Labute approximate surface area is 186 Å². The van der Waals surface area contributed by atoms with E-state index in [1.807, 2.05) is 0 Å². The van der Waals surface area contributed by atoms with Gasteiger partial charge in [-0.25, -0.2) is 0 Å². The van der Waals surface area contributed by atoms with Crippen molar-refractivity contribution in [1.29, 1.82) is 0 Å². The molecule has 30 heavy (non-hydrogen) atoms. The van der Waals surface area contributed by atoms with Crippen LogP contribution in [-0.4, -0.2) is 48.4 Å². The predicted molar refractivity (Wildman–Crippen MR) is 124 cm³/mol. The first-order chi connectivity index (χ1) is 14.4. The van der Waals surface area contributed by atoms with Crippen molar-refractivity contribution in [2.75, 3.05) is 6.54 Å². The number of phenols is 1. The van der Waals surface area contributed by atoms with Crippen LogP contribution in [0.4, 0.5) is 0 Å². The van der Waals surface area contributed by atoms with Crippen molar-refractivity contribution in [3.63, 3.8) is 0 Å². The molecular weight excluding hydrogens is 487 g/mol. The average molecular weight is 527 g/mol. The van der Waals surface area contributed by atoms with Crippen LogP contribution in [-0.2, 0) is 19.1 Å². The first kappa shape index (κ1) is 26.8. The second kappa shape index (κ2) is 14.7. The normalized spacial score (nSPS) is 12.4. The number of rotatable bonds is 15. The molecule has 1 atom stereocenters. The minimum absolute atomic E-state index is 0.165. The Bertz CT molecular complexity index is 615. The first-order valence-corrected chi connectivity index (χ1v) is 18.6. The number of nitrogens with one attached hydrogen (secondary N) is 1. The number of hydrogen-bond acceptors (Lipinski definition) is 5. The molecule has 0 aliphatic carbocycles. The van der Waals surface area contributed by atoms with Gasteiger partial charge in [-0.15, -0.1) is 0 Å². The predicted octanol–water partition coefficient (Wildman–Crippen LogP) is 4.27. The number of aromatic hydroxyl groups is 1. The van der Waals surface area contributed by atoms with E-state index in [0.29, 0.717) is 6.42 Å². The average Bonchev–Trinajstić information content (AvgIpc) is 2.75. The van der Waals surface area contributed by atoms with Crippen LogP contribution < -0.4 is 11.1 Å². The fourth-order valence-electron chi connectivity index (χ4n) is 3.62. The van der Waals surface area contributed by atoms with Crippen molar-refractivity contribution in [2.45, 2.75) is 85.1 Å². The molecule has 0 fully saturated rings. The molecule has 0 radical (unpaired) electrons. The Morgan fingerprint density at radius 2 is 1.50 bits per heavy atom. The van der Waals surface area contributed by atoms with E-state index in [2.05, 4.69) is 26.1 Å². The molecule has 4 N–H and O–H groups in total. The molecule has 1 aromatic carbocycles. The number of nitrogens with two attached hydrogens (primary N) is 1. The van der Waals surface area contributed by atoms with Gasteiger partial charge < -0.3 is 0 Å². The topological polar surface area (TPSA) is 102 Å². The third-order valence-corrected chi connectivity index (χ3v) is 18.1. The van der Waals surface area contributed by atoms with E-state index in [4.69, 9.17) is 8.81 Å². The number of phenolic OH excluding ortho intramolecular Hbond substituents is 1. The van der Waals surface area contributed by atoms with Gasteiger partial charge in [-0.05, 0) is 0 Å². The van der Waals surface area contributed by atoms with Crippen molar-refractivity contribution in [3.05, 3.63) is 29.8 Å². The molecule has 6 nitrogen and oxygen atoms in total. The zero-order valence-electron chi connectivity index (χ0n) is 18.9. The summed E-state index contributed by atoms with van der Waals surface area (Å²) in [6.07, 6.45) is 6.87. The molecule has 7 heteroatoms. The summed E-state index contributed by atoms with van der Waals surface area (Å²) in [6.45, 7) is 6.35. The number of carbonyl (C=O) groups is 2. The number of hydrogen-bond donors (Lipinski definition) is 3. The summed E-state index contributed by atoms with van der Waals surface area (Å²) in [4.78, 5) is 25.3. The molecule has 0 heterocycles. The van der Waals surface area contributed by atoms with Gasteiger partial charge in [0.25, 0.3) is 0 Å². The van der Waals surface area contributed by atoms with Gasteiger partial charge in [0.05, 0.1) is 0 Å². The Hall–Kier alpha value is -1.28. The molecule has 0 bridgehead atoms. The molecule has 1 aromatic rings. The van der Waals surface area contributed by atoms with E-state index in [0.717, 1.165) is 57.4 Å². The minimum atomic E-state index is -3.14. The van der Waals surface area contributed by atoms with E-state index in [-0.39, 0.29) is 24.2 Å². The number of benzene rings is 1. The van der Waals surface area contributed by atoms with Gasteiger partial charge in [0, 0.05) is 0 Å². The molecular formula is C23H40N2O4Sn. The number of amides is 1. The van der Waals surface area contributed by atoms with Crippen LogP contribution in [0.5, 0.6) is 5.75 Å². The van der Waals surface area contributed by atoms with Gasteiger partial charge in [0.2, 0.25) is 0 Å². The van der Waals surface area contributed by atoms with E-state index in [9.17, 15) is 14.7 Å². The van der Waals surface area contributed by atoms with Crippen molar-refractivity contribution >= 4 is 30.7 Å². The van der Waals surface area contributed by atoms with Crippen molar-refractivity contribution in [1.82, 2.24) is 5.32 Å². The van der Waals surface area contributed by atoms with E-state index in [1.54, 1.807) is 24.3 Å². The van der Waals surface area contributed by atoms with Gasteiger partial charge in [-0.1, -0.05) is 0 Å². The van der Waals surface area contributed by atoms with E-state index >= 15 is 0 Å². The summed E-state index contributed by atoms with van der Waals surface area (Å²) < 4.78 is 9.56. The second-order valence-electron chi connectivity index (χ2n) is 8.11. The molecule has 0 aliphatic rings. The Kier molecular flexibility index (Phi) is 13.1. The Balaban J connectivity index is 3.07. The standard InChI is InChI=1S/C11H14N2O4.3C4H9.Sn/c12-6-10(15)13-9(11(16)17)5-7-1-3-8(14)4-2-7;3*1-3-4-2;/h1-4,9,14H,5-6,12H2,(H,13,15)(H,16,17);3*1,3-4H2,2H3;/q;;;;+1/p-1/t9-;;;;/m1..../s1. The van der Waals surface area contributed by atoms with Gasteiger partial charge >= 0.3 is 187 Å². The summed E-state index contributed by atoms with van der Waals surface area (Å²) in [5, 5.41) is 12.3. The van der Waals surface area contributed by atoms with Crippen LogP contribution in [0.1, 0.15) is 64.9 Å². The van der Waals surface area contributed by atoms with Crippen molar-refractivity contribution in [2.24, 2.45) is 5.73 Å².